The summed E-state index contributed by atoms with van der Waals surface area (Å²) in [5.41, 5.74) is 3.26. The van der Waals surface area contributed by atoms with Gasteiger partial charge in [-0.2, -0.15) is 0 Å². The molecule has 0 amide bonds. The normalized spacial score (nSPS) is 16.4. The van der Waals surface area contributed by atoms with Crippen LogP contribution >= 0.6 is 0 Å². The highest BCUT2D eigenvalue weighted by atomic mass is 16.6. The van der Waals surface area contributed by atoms with Gasteiger partial charge in [-0.25, -0.2) is 14.6 Å². The molecule has 0 aliphatic carbocycles. The maximum atomic E-state index is 12.1. The number of benzene rings is 1. The Morgan fingerprint density at radius 2 is 1.58 bits per heavy atom. The summed E-state index contributed by atoms with van der Waals surface area (Å²) in [6.07, 6.45) is 0. The first-order valence-corrected chi connectivity index (χ1v) is 7.58. The highest BCUT2D eigenvalue weighted by molar-refractivity contribution is 6.22. The minimum Gasteiger partial charge on any atom is -0.441 e. The number of carbonyl (C=O) groups is 2. The molecule has 1 aromatic carbocycles. The van der Waals surface area contributed by atoms with E-state index in [1.54, 1.807) is 27.7 Å². The van der Waals surface area contributed by atoms with Gasteiger partial charge in [0, 0.05) is 5.56 Å². The van der Waals surface area contributed by atoms with Crippen molar-refractivity contribution in [2.45, 2.75) is 27.7 Å². The van der Waals surface area contributed by atoms with Crippen LogP contribution in [0.2, 0.25) is 0 Å². The first-order chi connectivity index (χ1) is 11.4. The molecule has 0 spiro atoms. The number of oxazole rings is 1. The Morgan fingerprint density at radius 1 is 0.958 bits per heavy atom. The molecule has 0 N–H and O–H groups in total. The first-order valence-electron chi connectivity index (χ1n) is 7.58. The van der Waals surface area contributed by atoms with Gasteiger partial charge in [0.2, 0.25) is 5.89 Å². The second-order valence-electron chi connectivity index (χ2n) is 5.84. The van der Waals surface area contributed by atoms with Crippen molar-refractivity contribution in [1.29, 1.82) is 0 Å². The van der Waals surface area contributed by atoms with Crippen LogP contribution in [-0.4, -0.2) is 16.9 Å². The second-order valence-corrected chi connectivity index (χ2v) is 5.84. The molecule has 2 heterocycles. The summed E-state index contributed by atoms with van der Waals surface area (Å²) in [7, 11) is 0. The zero-order chi connectivity index (χ0) is 17.4. The number of esters is 2. The van der Waals surface area contributed by atoms with E-state index in [1.807, 2.05) is 30.3 Å². The average molecular weight is 323 g/mol. The fraction of sp³-hybridized carbons (Fsp3) is 0.211. The second kappa shape index (κ2) is 5.92. The number of cyclic esters (lactones) is 2. The highest BCUT2D eigenvalue weighted by Gasteiger charge is 2.37. The minimum absolute atomic E-state index is 0.260. The van der Waals surface area contributed by atoms with E-state index < -0.39 is 11.9 Å². The van der Waals surface area contributed by atoms with Gasteiger partial charge in [-0.15, -0.1) is 0 Å². The number of ether oxygens (including phenoxy) is 1. The van der Waals surface area contributed by atoms with Crippen molar-refractivity contribution >= 4 is 17.5 Å². The lowest BCUT2D eigenvalue weighted by Gasteiger charge is -2.03. The Balaban J connectivity index is 2.15. The zero-order valence-electron chi connectivity index (χ0n) is 14.0. The van der Waals surface area contributed by atoms with Gasteiger partial charge in [0.05, 0.1) is 11.1 Å². The monoisotopic (exact) mass is 323 g/mol. The van der Waals surface area contributed by atoms with E-state index in [-0.39, 0.29) is 5.57 Å². The van der Waals surface area contributed by atoms with Crippen LogP contribution in [0.15, 0.2) is 51.5 Å². The summed E-state index contributed by atoms with van der Waals surface area (Å²) in [6, 6.07) is 9.50. The number of hydrogen-bond donors (Lipinski definition) is 0. The van der Waals surface area contributed by atoms with Crippen LogP contribution in [-0.2, 0) is 14.3 Å². The van der Waals surface area contributed by atoms with Crippen molar-refractivity contribution in [1.82, 2.24) is 4.98 Å². The van der Waals surface area contributed by atoms with Gasteiger partial charge >= 0.3 is 11.9 Å². The molecule has 1 aliphatic heterocycles. The van der Waals surface area contributed by atoms with Gasteiger partial charge in [-0.1, -0.05) is 23.8 Å². The number of carbonyl (C=O) groups excluding carboxylic acids is 2. The minimum atomic E-state index is -0.641. The average Bonchev–Trinajstić information content (AvgIpc) is 3.07. The molecule has 1 aromatic heterocycles. The number of aryl methyl sites for hydroxylation is 1. The van der Waals surface area contributed by atoms with Crippen molar-refractivity contribution in [3.8, 4) is 11.5 Å². The number of rotatable bonds is 2. The molecule has 5 nitrogen and oxygen atoms in total. The molecule has 1 saturated heterocycles. The van der Waals surface area contributed by atoms with Gasteiger partial charge in [0.1, 0.15) is 11.5 Å². The van der Waals surface area contributed by atoms with E-state index in [0.717, 1.165) is 11.1 Å². The van der Waals surface area contributed by atoms with Crippen molar-refractivity contribution in [3.05, 3.63) is 58.5 Å². The molecule has 0 radical (unpaired) electrons. The maximum Gasteiger partial charge on any atom is 0.347 e. The highest BCUT2D eigenvalue weighted by Crippen LogP contribution is 2.34. The van der Waals surface area contributed by atoms with Crippen LogP contribution in [0.4, 0.5) is 0 Å². The summed E-state index contributed by atoms with van der Waals surface area (Å²) < 4.78 is 10.5. The third-order valence-corrected chi connectivity index (χ3v) is 3.89. The van der Waals surface area contributed by atoms with Gasteiger partial charge in [-0.05, 0) is 45.4 Å². The maximum absolute atomic E-state index is 12.1. The quantitative estimate of drug-likeness (QED) is 0.477. The summed E-state index contributed by atoms with van der Waals surface area (Å²) >= 11 is 0. The lowest BCUT2D eigenvalue weighted by molar-refractivity contribution is -0.149. The summed E-state index contributed by atoms with van der Waals surface area (Å²) in [6.45, 7) is 7.07. The third-order valence-electron chi connectivity index (χ3n) is 3.89. The largest absolute Gasteiger partial charge is 0.441 e. The third kappa shape index (κ3) is 2.58. The Bertz CT molecular complexity index is 897. The number of allylic oxidation sites excluding steroid dienone is 2. The molecular formula is C19H17NO4. The summed E-state index contributed by atoms with van der Waals surface area (Å²) in [5.74, 6) is -0.199. The van der Waals surface area contributed by atoms with E-state index in [1.165, 1.54) is 0 Å². The van der Waals surface area contributed by atoms with Crippen LogP contribution in [0.3, 0.4) is 0 Å². The lowest BCUT2D eigenvalue weighted by atomic mass is 9.97. The van der Waals surface area contributed by atoms with Gasteiger partial charge in [-0.3, -0.25) is 0 Å². The van der Waals surface area contributed by atoms with E-state index in [0.29, 0.717) is 28.5 Å². The molecule has 0 unspecified atom stereocenters. The smallest absolute Gasteiger partial charge is 0.347 e. The van der Waals surface area contributed by atoms with E-state index in [4.69, 9.17) is 9.15 Å². The van der Waals surface area contributed by atoms with Crippen LogP contribution in [0, 0.1) is 6.92 Å². The molecular weight excluding hydrogens is 306 g/mol. The Labute approximate surface area is 139 Å². The molecule has 0 bridgehead atoms. The Kier molecular flexibility index (Phi) is 3.93. The number of hydrogen-bond acceptors (Lipinski definition) is 5. The number of aromatic nitrogens is 1. The summed E-state index contributed by atoms with van der Waals surface area (Å²) in [5, 5.41) is 0. The molecule has 1 aliphatic rings. The first kappa shape index (κ1) is 15.9. The van der Waals surface area contributed by atoms with Crippen molar-refractivity contribution in [2.75, 3.05) is 0 Å². The van der Waals surface area contributed by atoms with Crippen LogP contribution < -0.4 is 0 Å². The summed E-state index contributed by atoms with van der Waals surface area (Å²) in [4.78, 5) is 28.5. The molecule has 122 valence electrons. The molecule has 5 heteroatoms. The van der Waals surface area contributed by atoms with Gasteiger partial charge in [0.25, 0.3) is 0 Å². The predicted octanol–water partition coefficient (Wildman–Crippen LogP) is 3.84. The molecule has 2 aromatic rings. The Hall–Kier alpha value is -2.95. The predicted molar refractivity (Wildman–Crippen MR) is 88.7 cm³/mol. The molecule has 0 atom stereocenters. The van der Waals surface area contributed by atoms with Crippen LogP contribution in [0.5, 0.6) is 0 Å². The Morgan fingerprint density at radius 3 is 2.21 bits per heavy atom. The fourth-order valence-electron chi connectivity index (χ4n) is 2.75. The van der Waals surface area contributed by atoms with E-state index in [9.17, 15) is 9.59 Å². The molecule has 24 heavy (non-hydrogen) atoms. The molecule has 0 saturated carbocycles. The standard InChI is InChI=1S/C19H17NO4/c1-10(2)14-15(19(22)24-18(14)21)11(3)16-12(4)23-17(20-16)13-8-6-5-7-9-13/h5-9H,1-4H3/b15-11-. The van der Waals surface area contributed by atoms with Crippen LogP contribution in [0.25, 0.3) is 17.0 Å². The number of nitrogens with zero attached hydrogens (tertiary/aromatic N) is 1. The zero-order valence-corrected chi connectivity index (χ0v) is 14.0. The van der Waals surface area contributed by atoms with Crippen molar-refractivity contribution in [2.24, 2.45) is 0 Å². The fourth-order valence-corrected chi connectivity index (χ4v) is 2.75. The van der Waals surface area contributed by atoms with E-state index >= 15 is 0 Å². The van der Waals surface area contributed by atoms with Crippen LogP contribution in [0.1, 0.15) is 32.2 Å². The molecule has 1 fully saturated rings. The topological polar surface area (TPSA) is 69.4 Å². The van der Waals surface area contributed by atoms with Crippen molar-refractivity contribution in [3.63, 3.8) is 0 Å². The SMILES string of the molecule is CC(C)=C1C(=O)OC(=O)/C1=C(/C)c1nc(-c2ccccc2)oc1C. The lowest BCUT2D eigenvalue weighted by Crippen LogP contribution is -2.00. The van der Waals surface area contributed by atoms with Crippen molar-refractivity contribution < 1.29 is 18.7 Å². The van der Waals surface area contributed by atoms with Gasteiger partial charge in [0.15, 0.2) is 0 Å². The van der Waals surface area contributed by atoms with Gasteiger partial charge < -0.3 is 9.15 Å². The van der Waals surface area contributed by atoms with E-state index in [2.05, 4.69) is 4.98 Å². The molecule has 3 rings (SSSR count).